The van der Waals surface area contributed by atoms with Gasteiger partial charge in [0.2, 0.25) is 0 Å². The van der Waals surface area contributed by atoms with Crippen LogP contribution >= 0.6 is 0 Å². The molecule has 0 spiro atoms. The van der Waals surface area contributed by atoms with Crippen molar-refractivity contribution in [1.29, 1.82) is 0 Å². The summed E-state index contributed by atoms with van der Waals surface area (Å²) in [5, 5.41) is 2.74. The van der Waals surface area contributed by atoms with E-state index in [-0.39, 0.29) is 11.7 Å². The molecule has 0 aliphatic carbocycles. The van der Waals surface area contributed by atoms with Crippen molar-refractivity contribution in [3.8, 4) is 0 Å². The van der Waals surface area contributed by atoms with Crippen molar-refractivity contribution in [2.24, 2.45) is 0 Å². The summed E-state index contributed by atoms with van der Waals surface area (Å²) in [5.41, 5.74) is -0.0594. The highest BCUT2D eigenvalue weighted by Crippen LogP contribution is 2.20. The van der Waals surface area contributed by atoms with Crippen LogP contribution in [0, 0.1) is 11.6 Å². The Labute approximate surface area is 74.5 Å². The van der Waals surface area contributed by atoms with E-state index in [9.17, 15) is 8.78 Å². The van der Waals surface area contributed by atoms with Gasteiger partial charge < -0.3 is 10.1 Å². The fourth-order valence-corrected chi connectivity index (χ4v) is 1.16. The Bertz CT molecular complexity index is 292. The smallest absolute Gasteiger partial charge is 0.149 e. The van der Waals surface area contributed by atoms with Gasteiger partial charge in [-0.2, -0.15) is 0 Å². The topological polar surface area (TPSA) is 21.3 Å². The fourth-order valence-electron chi connectivity index (χ4n) is 1.16. The highest BCUT2D eigenvalue weighted by molar-refractivity contribution is 5.47. The molecule has 0 atom stereocenters. The van der Waals surface area contributed by atoms with Crippen LogP contribution in [0.15, 0.2) is 18.2 Å². The van der Waals surface area contributed by atoms with E-state index in [1.165, 1.54) is 18.2 Å². The van der Waals surface area contributed by atoms with E-state index in [0.29, 0.717) is 13.2 Å². The van der Waals surface area contributed by atoms with Gasteiger partial charge >= 0.3 is 0 Å². The molecule has 2 nitrogen and oxygen atoms in total. The quantitative estimate of drug-likeness (QED) is 0.758. The average Bonchev–Trinajstić information content (AvgIpc) is 2.00. The highest BCUT2D eigenvalue weighted by atomic mass is 19.1. The predicted molar refractivity (Wildman–Crippen MR) is 44.6 cm³/mol. The van der Waals surface area contributed by atoms with Crippen LogP contribution in [0.5, 0.6) is 0 Å². The van der Waals surface area contributed by atoms with Crippen LogP contribution in [0.1, 0.15) is 0 Å². The average molecular weight is 185 g/mol. The molecule has 4 heteroatoms. The summed E-state index contributed by atoms with van der Waals surface area (Å²) in [4.78, 5) is 0. The second-order valence-electron chi connectivity index (χ2n) is 2.98. The summed E-state index contributed by atoms with van der Waals surface area (Å²) < 4.78 is 30.9. The van der Waals surface area contributed by atoms with E-state index < -0.39 is 11.6 Å². The Morgan fingerprint density at radius 3 is 2.31 bits per heavy atom. The van der Waals surface area contributed by atoms with Crippen LogP contribution < -0.4 is 5.32 Å². The van der Waals surface area contributed by atoms with Gasteiger partial charge in [0.05, 0.1) is 19.3 Å². The third-order valence-corrected chi connectivity index (χ3v) is 1.95. The molecule has 13 heavy (non-hydrogen) atoms. The lowest BCUT2D eigenvalue weighted by molar-refractivity contribution is 0.0208. The molecule has 1 aromatic carbocycles. The molecule has 1 aromatic rings. The largest absolute Gasteiger partial charge is 0.377 e. The van der Waals surface area contributed by atoms with Gasteiger partial charge in [-0.3, -0.25) is 0 Å². The van der Waals surface area contributed by atoms with Crippen LogP contribution in [-0.2, 0) is 4.74 Å². The molecule has 1 fully saturated rings. The molecule has 0 radical (unpaired) electrons. The van der Waals surface area contributed by atoms with Crippen molar-refractivity contribution in [2.75, 3.05) is 18.5 Å². The van der Waals surface area contributed by atoms with Crippen LogP contribution in [0.2, 0.25) is 0 Å². The van der Waals surface area contributed by atoms with Crippen LogP contribution in [0.3, 0.4) is 0 Å². The number of nitrogens with one attached hydrogen (secondary N) is 1. The molecule has 0 saturated carbocycles. The van der Waals surface area contributed by atoms with Gasteiger partial charge in [-0.05, 0) is 12.1 Å². The van der Waals surface area contributed by atoms with E-state index in [1.807, 2.05) is 0 Å². The van der Waals surface area contributed by atoms with Gasteiger partial charge in [0.15, 0.2) is 0 Å². The SMILES string of the molecule is Fc1cccc(F)c1NC1COC1. The van der Waals surface area contributed by atoms with Crippen molar-refractivity contribution in [2.45, 2.75) is 6.04 Å². The molecule has 0 unspecified atom stereocenters. The summed E-state index contributed by atoms with van der Waals surface area (Å²) in [6.07, 6.45) is 0. The fraction of sp³-hybridized carbons (Fsp3) is 0.333. The predicted octanol–water partition coefficient (Wildman–Crippen LogP) is 1.78. The summed E-state index contributed by atoms with van der Waals surface area (Å²) in [6.45, 7) is 1.02. The van der Waals surface area contributed by atoms with Crippen molar-refractivity contribution in [1.82, 2.24) is 0 Å². The summed E-state index contributed by atoms with van der Waals surface area (Å²) >= 11 is 0. The van der Waals surface area contributed by atoms with E-state index in [4.69, 9.17) is 4.74 Å². The minimum absolute atomic E-state index is 0.0337. The van der Waals surface area contributed by atoms with E-state index in [0.717, 1.165) is 0 Å². The van der Waals surface area contributed by atoms with Gasteiger partial charge in [0, 0.05) is 0 Å². The molecular formula is C9H9F2NO. The van der Waals surface area contributed by atoms with Gasteiger partial charge in [-0.1, -0.05) is 6.07 Å². The lowest BCUT2D eigenvalue weighted by Crippen LogP contribution is -2.40. The van der Waals surface area contributed by atoms with Crippen molar-refractivity contribution in [3.63, 3.8) is 0 Å². The number of para-hydroxylation sites is 1. The van der Waals surface area contributed by atoms with E-state index >= 15 is 0 Å². The first-order valence-electron chi connectivity index (χ1n) is 4.05. The molecule has 70 valence electrons. The maximum atomic E-state index is 13.0. The highest BCUT2D eigenvalue weighted by Gasteiger charge is 2.20. The zero-order valence-corrected chi connectivity index (χ0v) is 6.89. The Morgan fingerprint density at radius 1 is 1.23 bits per heavy atom. The molecule has 0 aromatic heterocycles. The van der Waals surface area contributed by atoms with Crippen LogP contribution in [0.4, 0.5) is 14.5 Å². The van der Waals surface area contributed by atoms with Gasteiger partial charge in [-0.15, -0.1) is 0 Å². The Morgan fingerprint density at radius 2 is 1.85 bits per heavy atom. The molecule has 2 rings (SSSR count). The molecule has 0 amide bonds. The molecular weight excluding hydrogens is 176 g/mol. The number of hydrogen-bond donors (Lipinski definition) is 1. The third-order valence-electron chi connectivity index (χ3n) is 1.95. The number of benzene rings is 1. The lowest BCUT2D eigenvalue weighted by Gasteiger charge is -2.28. The molecule has 1 heterocycles. The Balaban J connectivity index is 2.17. The number of rotatable bonds is 2. The number of anilines is 1. The zero-order valence-electron chi connectivity index (χ0n) is 6.89. The second kappa shape index (κ2) is 3.30. The minimum Gasteiger partial charge on any atom is -0.377 e. The first-order chi connectivity index (χ1) is 6.27. The first kappa shape index (κ1) is 8.44. The van der Waals surface area contributed by atoms with Crippen LogP contribution in [0.25, 0.3) is 0 Å². The van der Waals surface area contributed by atoms with Gasteiger partial charge in [0.25, 0.3) is 0 Å². The number of ether oxygens (including phenoxy) is 1. The maximum absolute atomic E-state index is 13.0. The Hall–Kier alpha value is -1.16. The summed E-state index contributed by atoms with van der Waals surface area (Å²) in [5.74, 6) is -1.13. The standard InChI is InChI=1S/C9H9F2NO/c10-7-2-1-3-8(11)9(7)12-6-4-13-5-6/h1-3,6,12H,4-5H2. The number of hydrogen-bond acceptors (Lipinski definition) is 2. The Kier molecular flexibility index (Phi) is 2.14. The lowest BCUT2D eigenvalue weighted by atomic mass is 10.2. The van der Waals surface area contributed by atoms with Crippen molar-refractivity contribution in [3.05, 3.63) is 29.8 Å². The minimum atomic E-state index is -0.563. The maximum Gasteiger partial charge on any atom is 0.149 e. The van der Waals surface area contributed by atoms with Crippen molar-refractivity contribution >= 4 is 5.69 Å². The summed E-state index contributed by atoms with van der Waals surface area (Å²) in [6, 6.07) is 3.83. The number of halogens is 2. The summed E-state index contributed by atoms with van der Waals surface area (Å²) in [7, 11) is 0. The van der Waals surface area contributed by atoms with Gasteiger partial charge in [0.1, 0.15) is 17.3 Å². The van der Waals surface area contributed by atoms with E-state index in [1.54, 1.807) is 0 Å². The normalized spacial score (nSPS) is 16.8. The van der Waals surface area contributed by atoms with E-state index in [2.05, 4.69) is 5.32 Å². The molecule has 0 bridgehead atoms. The van der Waals surface area contributed by atoms with Gasteiger partial charge in [-0.25, -0.2) is 8.78 Å². The molecule has 1 N–H and O–H groups in total. The first-order valence-corrected chi connectivity index (χ1v) is 4.05. The molecule has 1 aliphatic rings. The second-order valence-corrected chi connectivity index (χ2v) is 2.98. The zero-order chi connectivity index (χ0) is 9.26. The molecule has 1 aliphatic heterocycles. The molecule has 1 saturated heterocycles. The van der Waals surface area contributed by atoms with Crippen LogP contribution in [-0.4, -0.2) is 19.3 Å². The van der Waals surface area contributed by atoms with Crippen molar-refractivity contribution < 1.29 is 13.5 Å². The third kappa shape index (κ3) is 1.62. The monoisotopic (exact) mass is 185 g/mol.